The Balaban J connectivity index is 2.20. The molecule has 0 aliphatic carbocycles. The zero-order valence-electron chi connectivity index (χ0n) is 11.8. The Kier molecular flexibility index (Phi) is 5.15. The average Bonchev–Trinajstić information content (AvgIpc) is 2.46. The smallest absolute Gasteiger partial charge is 0.179 e. The summed E-state index contributed by atoms with van der Waals surface area (Å²) in [5, 5.41) is 0.501. The summed E-state index contributed by atoms with van der Waals surface area (Å²) in [4.78, 5) is 12.8. The summed E-state index contributed by atoms with van der Waals surface area (Å²) < 4.78 is 17.5. The van der Waals surface area contributed by atoms with Crippen LogP contribution < -0.4 is 4.74 Å². The minimum absolute atomic E-state index is 0.0975. The quantitative estimate of drug-likeness (QED) is 0.789. The van der Waals surface area contributed by atoms with E-state index in [0.717, 1.165) is 5.56 Å². The third-order valence-electron chi connectivity index (χ3n) is 2.98. The summed E-state index contributed by atoms with van der Waals surface area (Å²) in [5.41, 5.74) is 1.44. The summed E-state index contributed by atoms with van der Waals surface area (Å²) in [6.45, 7) is 1.92. The van der Waals surface area contributed by atoms with Crippen LogP contribution in [0, 0.1) is 6.92 Å². The number of aryl methyl sites for hydroxylation is 1. The maximum absolute atomic E-state index is 12.3. The summed E-state index contributed by atoms with van der Waals surface area (Å²) in [6.07, 6.45) is 0. The Morgan fingerprint density at radius 2 is 2.00 bits per heavy atom. The molecule has 3 nitrogen and oxygen atoms in total. The van der Waals surface area contributed by atoms with Crippen LogP contribution in [0.15, 0.2) is 47.4 Å². The van der Waals surface area contributed by atoms with Crippen LogP contribution in [-0.4, -0.2) is 22.9 Å². The number of methoxy groups -OCH3 is 1. The van der Waals surface area contributed by atoms with Crippen LogP contribution in [0.1, 0.15) is 15.9 Å². The standard InChI is InChI=1S/C16H15ClO3S/c1-11-6-7-14(16(8-11)20-2)15(18)10-21(19)13-5-3-4-12(17)9-13/h3-9H,10H2,1-2H3. The largest absolute Gasteiger partial charge is 0.496 e. The minimum atomic E-state index is -1.43. The molecule has 0 aliphatic rings. The van der Waals surface area contributed by atoms with E-state index in [1.54, 1.807) is 36.4 Å². The topological polar surface area (TPSA) is 43.4 Å². The van der Waals surface area contributed by atoms with Crippen LogP contribution in [-0.2, 0) is 10.8 Å². The molecule has 0 fully saturated rings. The molecule has 0 amide bonds. The van der Waals surface area contributed by atoms with E-state index in [0.29, 0.717) is 21.2 Å². The Morgan fingerprint density at radius 3 is 2.67 bits per heavy atom. The van der Waals surface area contributed by atoms with Gasteiger partial charge in [-0.1, -0.05) is 23.7 Å². The Morgan fingerprint density at radius 1 is 1.24 bits per heavy atom. The van der Waals surface area contributed by atoms with Gasteiger partial charge in [-0.3, -0.25) is 9.00 Å². The highest BCUT2D eigenvalue weighted by Gasteiger charge is 2.16. The van der Waals surface area contributed by atoms with Crippen molar-refractivity contribution in [3.8, 4) is 5.75 Å². The van der Waals surface area contributed by atoms with E-state index in [4.69, 9.17) is 16.3 Å². The van der Waals surface area contributed by atoms with Gasteiger partial charge in [-0.25, -0.2) is 0 Å². The first kappa shape index (κ1) is 15.7. The molecule has 0 radical (unpaired) electrons. The molecular weight excluding hydrogens is 308 g/mol. The maximum Gasteiger partial charge on any atom is 0.179 e. The van der Waals surface area contributed by atoms with Gasteiger partial charge < -0.3 is 4.74 Å². The molecular formula is C16H15ClO3S. The average molecular weight is 323 g/mol. The van der Waals surface area contributed by atoms with Gasteiger partial charge in [0.25, 0.3) is 0 Å². The molecule has 0 saturated heterocycles. The van der Waals surface area contributed by atoms with Crippen LogP contribution in [0.4, 0.5) is 0 Å². The van der Waals surface area contributed by atoms with Gasteiger partial charge in [0.05, 0.1) is 29.2 Å². The molecule has 0 aromatic heterocycles. The first-order valence-corrected chi connectivity index (χ1v) is 8.02. The van der Waals surface area contributed by atoms with E-state index >= 15 is 0 Å². The van der Waals surface area contributed by atoms with Crippen LogP contribution in [0.5, 0.6) is 5.75 Å². The zero-order chi connectivity index (χ0) is 15.4. The van der Waals surface area contributed by atoms with E-state index in [2.05, 4.69) is 0 Å². The first-order chi connectivity index (χ1) is 10.0. The van der Waals surface area contributed by atoms with E-state index < -0.39 is 10.8 Å². The van der Waals surface area contributed by atoms with Crippen molar-refractivity contribution in [1.29, 1.82) is 0 Å². The Labute approximate surface area is 131 Å². The lowest BCUT2D eigenvalue weighted by Crippen LogP contribution is -2.12. The fourth-order valence-electron chi connectivity index (χ4n) is 1.92. The highest BCUT2D eigenvalue weighted by Crippen LogP contribution is 2.22. The first-order valence-electron chi connectivity index (χ1n) is 6.33. The molecule has 0 spiro atoms. The van der Waals surface area contributed by atoms with Crippen LogP contribution in [0.2, 0.25) is 5.02 Å². The van der Waals surface area contributed by atoms with Gasteiger partial charge in [-0.2, -0.15) is 0 Å². The number of halogens is 1. The number of ketones is 1. The van der Waals surface area contributed by atoms with E-state index in [-0.39, 0.29) is 11.5 Å². The van der Waals surface area contributed by atoms with Crippen molar-refractivity contribution in [2.24, 2.45) is 0 Å². The number of carbonyl (C=O) groups is 1. The maximum atomic E-state index is 12.3. The van der Waals surface area contributed by atoms with Crippen molar-refractivity contribution in [3.63, 3.8) is 0 Å². The molecule has 0 saturated carbocycles. The molecule has 2 aromatic rings. The van der Waals surface area contributed by atoms with Crippen molar-refractivity contribution in [2.45, 2.75) is 11.8 Å². The van der Waals surface area contributed by atoms with Crippen LogP contribution in [0.25, 0.3) is 0 Å². The number of hydrogen-bond donors (Lipinski definition) is 0. The van der Waals surface area contributed by atoms with Crippen LogP contribution in [0.3, 0.4) is 0 Å². The van der Waals surface area contributed by atoms with Crippen LogP contribution >= 0.6 is 11.6 Å². The van der Waals surface area contributed by atoms with Gasteiger partial charge in [-0.15, -0.1) is 0 Å². The Bertz CT molecular complexity index is 698. The fraction of sp³-hybridized carbons (Fsp3) is 0.188. The SMILES string of the molecule is COc1cc(C)ccc1C(=O)CS(=O)c1cccc(Cl)c1. The van der Waals surface area contributed by atoms with Gasteiger partial charge in [0.1, 0.15) is 5.75 Å². The third kappa shape index (κ3) is 3.93. The summed E-state index contributed by atoms with van der Waals surface area (Å²) >= 11 is 5.87. The van der Waals surface area contributed by atoms with Gasteiger partial charge in [0.2, 0.25) is 0 Å². The fourth-order valence-corrected chi connectivity index (χ4v) is 3.22. The third-order valence-corrected chi connectivity index (χ3v) is 4.52. The van der Waals surface area contributed by atoms with Crippen molar-refractivity contribution >= 4 is 28.2 Å². The highest BCUT2D eigenvalue weighted by molar-refractivity contribution is 7.85. The minimum Gasteiger partial charge on any atom is -0.496 e. The number of ether oxygens (including phenoxy) is 1. The second-order valence-corrected chi connectivity index (χ2v) is 6.46. The number of carbonyl (C=O) groups excluding carboxylic acids is 1. The zero-order valence-corrected chi connectivity index (χ0v) is 13.3. The second-order valence-electron chi connectivity index (χ2n) is 4.57. The normalized spacial score (nSPS) is 12.0. The molecule has 0 bridgehead atoms. The summed E-state index contributed by atoms with van der Waals surface area (Å²) in [5.74, 6) is 0.188. The van der Waals surface area contributed by atoms with Crippen molar-refractivity contribution in [2.75, 3.05) is 12.9 Å². The molecule has 110 valence electrons. The molecule has 1 atom stereocenters. The number of rotatable bonds is 5. The molecule has 0 heterocycles. The van der Waals surface area contributed by atoms with E-state index in [9.17, 15) is 9.00 Å². The molecule has 0 N–H and O–H groups in total. The second kappa shape index (κ2) is 6.87. The van der Waals surface area contributed by atoms with Gasteiger partial charge in [0.15, 0.2) is 5.78 Å². The lowest BCUT2D eigenvalue weighted by atomic mass is 10.1. The molecule has 21 heavy (non-hydrogen) atoms. The molecule has 5 heteroatoms. The van der Waals surface area contributed by atoms with E-state index in [1.165, 1.54) is 7.11 Å². The van der Waals surface area contributed by atoms with Gasteiger partial charge in [-0.05, 0) is 42.8 Å². The predicted molar refractivity (Wildman–Crippen MR) is 84.8 cm³/mol. The lowest BCUT2D eigenvalue weighted by molar-refractivity contribution is 0.101. The highest BCUT2D eigenvalue weighted by atomic mass is 35.5. The molecule has 1 unspecified atom stereocenters. The van der Waals surface area contributed by atoms with Crippen molar-refractivity contribution < 1.29 is 13.7 Å². The van der Waals surface area contributed by atoms with Gasteiger partial charge >= 0.3 is 0 Å². The number of Topliss-reactive ketones (excluding diaryl/α,β-unsaturated/α-hetero) is 1. The number of benzene rings is 2. The summed E-state index contributed by atoms with van der Waals surface area (Å²) in [6, 6.07) is 12.0. The monoisotopic (exact) mass is 322 g/mol. The van der Waals surface area contributed by atoms with Crippen molar-refractivity contribution in [1.82, 2.24) is 0 Å². The number of hydrogen-bond acceptors (Lipinski definition) is 3. The molecule has 2 rings (SSSR count). The van der Waals surface area contributed by atoms with Crippen molar-refractivity contribution in [3.05, 3.63) is 58.6 Å². The molecule has 2 aromatic carbocycles. The summed E-state index contributed by atoms with van der Waals surface area (Å²) in [7, 11) is 0.0840. The molecule has 0 aliphatic heterocycles. The predicted octanol–water partition coefficient (Wildman–Crippen LogP) is 3.65. The van der Waals surface area contributed by atoms with E-state index in [1.807, 2.05) is 13.0 Å². The van der Waals surface area contributed by atoms with Gasteiger partial charge in [0, 0.05) is 9.92 Å². The lowest BCUT2D eigenvalue weighted by Gasteiger charge is -2.08. The Hall–Kier alpha value is -1.65.